The Morgan fingerprint density at radius 3 is 2.78 bits per heavy atom. The van der Waals surface area contributed by atoms with Gasteiger partial charge in [-0.1, -0.05) is 0 Å². The highest BCUT2D eigenvalue weighted by molar-refractivity contribution is 5.85. The Balaban J connectivity index is 0.00000120. The number of imidazole rings is 1. The van der Waals surface area contributed by atoms with Crippen LogP contribution in [-0.2, 0) is 0 Å². The molecule has 0 bridgehead atoms. The Bertz CT molecular complexity index is 745. The zero-order chi connectivity index (χ0) is 11.8. The molecule has 0 saturated carbocycles. The van der Waals surface area contributed by atoms with Crippen LogP contribution in [0.15, 0.2) is 47.7 Å². The molecule has 1 N–H and O–H groups in total. The molecule has 2 aromatic heterocycles. The molecular weight excluding hydrogens is 250 g/mol. The van der Waals surface area contributed by atoms with Crippen molar-refractivity contribution < 1.29 is 0 Å². The van der Waals surface area contributed by atoms with Gasteiger partial charge in [-0.3, -0.25) is 4.79 Å². The third-order valence-electron chi connectivity index (χ3n) is 2.72. The van der Waals surface area contributed by atoms with Gasteiger partial charge in [0.25, 0.3) is 0 Å². The Morgan fingerprint density at radius 2 is 2.06 bits per heavy atom. The summed E-state index contributed by atoms with van der Waals surface area (Å²) in [4.78, 5) is 18.2. The summed E-state index contributed by atoms with van der Waals surface area (Å²) >= 11 is 0. The zero-order valence-corrected chi connectivity index (χ0v) is 10.6. The minimum Gasteiger partial charge on any atom is -0.322 e. The summed E-state index contributed by atoms with van der Waals surface area (Å²) < 4.78 is 1.96. The van der Waals surface area contributed by atoms with Gasteiger partial charge < -0.3 is 9.55 Å². The van der Waals surface area contributed by atoms with Crippen LogP contribution in [0.25, 0.3) is 16.6 Å². The molecular formula is C13H12ClN3O. The van der Waals surface area contributed by atoms with E-state index in [0.717, 1.165) is 22.3 Å². The maximum atomic E-state index is 11.2. The number of pyridine rings is 1. The molecule has 3 aromatic rings. The van der Waals surface area contributed by atoms with Crippen LogP contribution in [0.1, 0.15) is 5.69 Å². The fourth-order valence-corrected chi connectivity index (χ4v) is 1.86. The molecule has 92 valence electrons. The zero-order valence-electron chi connectivity index (χ0n) is 9.75. The van der Waals surface area contributed by atoms with Crippen molar-refractivity contribution in [3.8, 4) is 5.69 Å². The summed E-state index contributed by atoms with van der Waals surface area (Å²) in [5, 5.41) is 1.01. The largest absolute Gasteiger partial charge is 0.322 e. The third-order valence-corrected chi connectivity index (χ3v) is 2.72. The van der Waals surface area contributed by atoms with Crippen LogP contribution in [0.3, 0.4) is 0 Å². The molecule has 0 amide bonds. The van der Waals surface area contributed by atoms with E-state index in [2.05, 4.69) is 9.97 Å². The van der Waals surface area contributed by atoms with Crippen LogP contribution >= 0.6 is 12.4 Å². The summed E-state index contributed by atoms with van der Waals surface area (Å²) in [6.07, 6.45) is 3.75. The van der Waals surface area contributed by atoms with Crippen LogP contribution in [-0.4, -0.2) is 14.5 Å². The lowest BCUT2D eigenvalue weighted by Crippen LogP contribution is -2.02. The van der Waals surface area contributed by atoms with Gasteiger partial charge in [-0.25, -0.2) is 4.98 Å². The lowest BCUT2D eigenvalue weighted by atomic mass is 10.2. The fraction of sp³-hybridized carbons (Fsp3) is 0.0769. The van der Waals surface area contributed by atoms with E-state index in [0.29, 0.717) is 0 Å². The average Bonchev–Trinajstić information content (AvgIpc) is 2.75. The second-order valence-corrected chi connectivity index (χ2v) is 4.02. The standard InChI is InChI=1S/C13H11N3O.ClH/c1-9-7-16(8-14-9)11-3-4-12-10(6-11)2-5-13(17)15-12;/h2-8H,1H3,(H,15,17);1H. The maximum Gasteiger partial charge on any atom is 0.248 e. The molecule has 2 heterocycles. The first-order chi connectivity index (χ1) is 8.22. The van der Waals surface area contributed by atoms with E-state index in [9.17, 15) is 4.79 Å². The van der Waals surface area contributed by atoms with E-state index in [1.54, 1.807) is 6.33 Å². The van der Waals surface area contributed by atoms with Gasteiger partial charge in [0, 0.05) is 28.9 Å². The molecule has 0 aliphatic carbocycles. The normalized spacial score (nSPS) is 10.3. The molecule has 0 fully saturated rings. The molecule has 18 heavy (non-hydrogen) atoms. The molecule has 4 nitrogen and oxygen atoms in total. The molecule has 3 rings (SSSR count). The first kappa shape index (κ1) is 12.4. The van der Waals surface area contributed by atoms with E-state index in [-0.39, 0.29) is 18.0 Å². The Kier molecular flexibility index (Phi) is 3.21. The number of aromatic nitrogens is 3. The molecule has 0 spiro atoms. The number of hydrogen-bond donors (Lipinski definition) is 1. The molecule has 1 aromatic carbocycles. The average molecular weight is 262 g/mol. The SMILES string of the molecule is Cc1cn(-c2ccc3[nH]c(=O)ccc3c2)cn1.Cl. The second kappa shape index (κ2) is 4.66. The van der Waals surface area contributed by atoms with Crippen LogP contribution in [0.4, 0.5) is 0 Å². The van der Waals surface area contributed by atoms with E-state index in [4.69, 9.17) is 0 Å². The quantitative estimate of drug-likeness (QED) is 0.731. The number of rotatable bonds is 1. The first-order valence-corrected chi connectivity index (χ1v) is 5.36. The molecule has 0 radical (unpaired) electrons. The van der Waals surface area contributed by atoms with Gasteiger partial charge in [0.05, 0.1) is 12.0 Å². The molecule has 0 atom stereocenters. The van der Waals surface area contributed by atoms with Crippen molar-refractivity contribution in [3.05, 3.63) is 58.9 Å². The van der Waals surface area contributed by atoms with Gasteiger partial charge in [-0.2, -0.15) is 0 Å². The number of benzene rings is 1. The number of aromatic amines is 1. The number of nitrogens with zero attached hydrogens (tertiary/aromatic N) is 2. The minimum absolute atomic E-state index is 0. The second-order valence-electron chi connectivity index (χ2n) is 4.02. The lowest BCUT2D eigenvalue weighted by molar-refractivity contribution is 1.06. The predicted octanol–water partition coefficient (Wildman–Crippen LogP) is 2.44. The Morgan fingerprint density at radius 1 is 1.22 bits per heavy atom. The molecule has 0 aliphatic heterocycles. The number of nitrogens with one attached hydrogen (secondary N) is 1. The van der Waals surface area contributed by atoms with Crippen molar-refractivity contribution in [2.24, 2.45) is 0 Å². The fourth-order valence-electron chi connectivity index (χ4n) is 1.86. The van der Waals surface area contributed by atoms with Crippen molar-refractivity contribution in [1.82, 2.24) is 14.5 Å². The predicted molar refractivity (Wildman–Crippen MR) is 73.7 cm³/mol. The van der Waals surface area contributed by atoms with E-state index >= 15 is 0 Å². The third kappa shape index (κ3) is 2.15. The van der Waals surface area contributed by atoms with Crippen molar-refractivity contribution in [3.63, 3.8) is 0 Å². The van der Waals surface area contributed by atoms with Gasteiger partial charge >= 0.3 is 0 Å². The van der Waals surface area contributed by atoms with Crippen LogP contribution in [0, 0.1) is 6.92 Å². The number of H-pyrrole nitrogens is 1. The van der Waals surface area contributed by atoms with E-state index < -0.39 is 0 Å². The number of aryl methyl sites for hydroxylation is 1. The van der Waals surface area contributed by atoms with Gasteiger partial charge in [-0.05, 0) is 31.2 Å². The Labute approximate surface area is 110 Å². The van der Waals surface area contributed by atoms with Crippen molar-refractivity contribution in [2.75, 3.05) is 0 Å². The van der Waals surface area contributed by atoms with Crippen LogP contribution in [0.5, 0.6) is 0 Å². The van der Waals surface area contributed by atoms with Crippen molar-refractivity contribution in [1.29, 1.82) is 0 Å². The van der Waals surface area contributed by atoms with Crippen molar-refractivity contribution >= 4 is 23.3 Å². The smallest absolute Gasteiger partial charge is 0.248 e. The molecule has 0 unspecified atom stereocenters. The highest BCUT2D eigenvalue weighted by Crippen LogP contribution is 2.15. The summed E-state index contributed by atoms with van der Waals surface area (Å²) in [7, 11) is 0. The molecule has 0 aliphatic rings. The highest BCUT2D eigenvalue weighted by Gasteiger charge is 2.00. The minimum atomic E-state index is -0.0799. The highest BCUT2D eigenvalue weighted by atomic mass is 35.5. The Hall–Kier alpha value is -2.07. The summed E-state index contributed by atoms with van der Waals surface area (Å²) in [5.41, 5.74) is 2.78. The van der Waals surface area contributed by atoms with Crippen LogP contribution < -0.4 is 5.56 Å². The monoisotopic (exact) mass is 261 g/mol. The van der Waals surface area contributed by atoms with E-state index in [1.807, 2.05) is 42.0 Å². The van der Waals surface area contributed by atoms with Crippen molar-refractivity contribution in [2.45, 2.75) is 6.92 Å². The first-order valence-electron chi connectivity index (χ1n) is 5.36. The maximum absolute atomic E-state index is 11.2. The van der Waals surface area contributed by atoms with Gasteiger partial charge in [0.2, 0.25) is 5.56 Å². The van der Waals surface area contributed by atoms with Crippen LogP contribution in [0.2, 0.25) is 0 Å². The molecule has 5 heteroatoms. The number of hydrogen-bond acceptors (Lipinski definition) is 2. The lowest BCUT2D eigenvalue weighted by Gasteiger charge is -2.03. The van der Waals surface area contributed by atoms with E-state index in [1.165, 1.54) is 6.07 Å². The molecule has 0 saturated heterocycles. The number of fused-ring (bicyclic) bond motifs is 1. The summed E-state index contributed by atoms with van der Waals surface area (Å²) in [5.74, 6) is 0. The van der Waals surface area contributed by atoms with Gasteiger partial charge in [0.1, 0.15) is 0 Å². The summed E-state index contributed by atoms with van der Waals surface area (Å²) in [6.45, 7) is 1.95. The van der Waals surface area contributed by atoms with Gasteiger partial charge in [-0.15, -0.1) is 12.4 Å². The van der Waals surface area contributed by atoms with Gasteiger partial charge in [0.15, 0.2) is 0 Å². The topological polar surface area (TPSA) is 50.7 Å². The summed E-state index contributed by atoms with van der Waals surface area (Å²) in [6, 6.07) is 9.24. The number of halogens is 1.